The summed E-state index contributed by atoms with van der Waals surface area (Å²) in [5.41, 5.74) is 2.21. The van der Waals surface area contributed by atoms with Crippen LogP contribution in [-0.4, -0.2) is 53.0 Å². The highest BCUT2D eigenvalue weighted by Gasteiger charge is 2.13. The Morgan fingerprint density at radius 3 is 1.88 bits per heavy atom. The Balaban J connectivity index is 0.000000198. The van der Waals surface area contributed by atoms with E-state index in [1.807, 2.05) is 18.3 Å². The van der Waals surface area contributed by atoms with E-state index in [1.54, 1.807) is 6.20 Å². The average Bonchev–Trinajstić information content (AvgIpc) is 2.60. The largest absolute Gasteiger partial charge is 0.304 e. The Kier molecular flexibility index (Phi) is 8.83. The van der Waals surface area contributed by atoms with Crippen molar-refractivity contribution in [3.8, 4) is 0 Å². The number of halogens is 3. The molecule has 130 valence electrons. The minimum absolute atomic E-state index is 0.820. The number of piperazine rings is 1. The van der Waals surface area contributed by atoms with Gasteiger partial charge in [-0.1, -0.05) is 15.9 Å². The van der Waals surface area contributed by atoms with E-state index in [0.717, 1.165) is 58.4 Å². The van der Waals surface area contributed by atoms with Crippen LogP contribution in [0.2, 0.25) is 0 Å². The number of hydrogen-bond donors (Lipinski definition) is 0. The van der Waals surface area contributed by atoms with Crippen molar-refractivity contribution < 1.29 is 0 Å². The Hall–Kier alpha value is -0.340. The number of nitrogens with zero attached hydrogens (tertiary/aromatic N) is 4. The molecule has 0 spiro atoms. The average molecular weight is 521 g/mol. The van der Waals surface area contributed by atoms with E-state index < -0.39 is 0 Å². The first-order valence-electron chi connectivity index (χ1n) is 7.74. The number of pyridine rings is 2. The molecular weight excluding hydrogens is 500 g/mol. The first kappa shape index (κ1) is 20.0. The van der Waals surface area contributed by atoms with Crippen LogP contribution in [0.4, 0.5) is 0 Å². The molecule has 0 amide bonds. The zero-order valence-electron chi connectivity index (χ0n) is 13.6. The van der Waals surface area contributed by atoms with E-state index in [0.29, 0.717) is 0 Å². The quantitative estimate of drug-likeness (QED) is 0.564. The Bertz CT molecular complexity index is 596. The van der Waals surface area contributed by atoms with Crippen molar-refractivity contribution in [1.82, 2.24) is 19.8 Å². The molecule has 1 aliphatic heterocycles. The molecule has 24 heavy (non-hydrogen) atoms. The minimum Gasteiger partial charge on any atom is -0.304 e. The molecule has 7 heteroatoms. The monoisotopic (exact) mass is 518 g/mol. The molecule has 3 heterocycles. The van der Waals surface area contributed by atoms with Gasteiger partial charge >= 0.3 is 0 Å². The molecule has 2 aromatic rings. The van der Waals surface area contributed by atoms with Crippen molar-refractivity contribution >= 4 is 47.8 Å². The molecule has 0 radical (unpaired) electrons. The van der Waals surface area contributed by atoms with Crippen molar-refractivity contribution in [1.29, 1.82) is 0 Å². The van der Waals surface area contributed by atoms with Crippen LogP contribution in [-0.2, 0) is 11.9 Å². The molecule has 0 N–H and O–H groups in total. The summed E-state index contributed by atoms with van der Waals surface area (Å²) in [6.45, 7) is 5.59. The van der Waals surface area contributed by atoms with E-state index in [1.165, 1.54) is 0 Å². The lowest BCUT2D eigenvalue weighted by atomic mass is 10.3. The van der Waals surface area contributed by atoms with Gasteiger partial charge in [-0.05, 0) is 63.2 Å². The summed E-state index contributed by atoms with van der Waals surface area (Å²) in [6.07, 6.45) is 3.65. The molecule has 1 fully saturated rings. The zero-order chi connectivity index (χ0) is 17.4. The fraction of sp³-hybridized carbons (Fsp3) is 0.412. The predicted octanol–water partition coefficient (Wildman–Crippen LogP) is 4.33. The van der Waals surface area contributed by atoms with Gasteiger partial charge < -0.3 is 4.90 Å². The fourth-order valence-electron chi connectivity index (χ4n) is 2.22. The summed E-state index contributed by atoms with van der Waals surface area (Å²) >= 11 is 10.00. The van der Waals surface area contributed by atoms with Gasteiger partial charge in [-0.2, -0.15) is 0 Å². The van der Waals surface area contributed by atoms with Crippen LogP contribution in [0, 0.1) is 0 Å². The second-order valence-corrected chi connectivity index (χ2v) is 8.04. The Morgan fingerprint density at radius 1 is 0.875 bits per heavy atom. The van der Waals surface area contributed by atoms with Gasteiger partial charge in [-0.3, -0.25) is 14.9 Å². The topological polar surface area (TPSA) is 32.3 Å². The third kappa shape index (κ3) is 7.27. The molecule has 1 saturated heterocycles. The normalized spacial score (nSPS) is 15.7. The first-order valence-corrected chi connectivity index (χ1v) is 10.5. The van der Waals surface area contributed by atoms with Gasteiger partial charge in [0.1, 0.15) is 0 Å². The van der Waals surface area contributed by atoms with Crippen molar-refractivity contribution in [3.63, 3.8) is 0 Å². The van der Waals surface area contributed by atoms with Crippen LogP contribution < -0.4 is 0 Å². The van der Waals surface area contributed by atoms with E-state index in [9.17, 15) is 0 Å². The summed E-state index contributed by atoms with van der Waals surface area (Å²) in [4.78, 5) is 13.3. The number of likely N-dealkylation sites (N-methyl/N-ethyl adjacent to an activating group) is 1. The maximum Gasteiger partial charge on any atom is 0.0544 e. The van der Waals surface area contributed by atoms with Crippen LogP contribution in [0.25, 0.3) is 0 Å². The zero-order valence-corrected chi connectivity index (χ0v) is 18.4. The number of alkyl halides is 1. The molecule has 1 aliphatic rings. The Labute approximate surface area is 169 Å². The van der Waals surface area contributed by atoms with Crippen LogP contribution in [0.1, 0.15) is 11.4 Å². The van der Waals surface area contributed by atoms with E-state index >= 15 is 0 Å². The maximum atomic E-state index is 4.39. The lowest BCUT2D eigenvalue weighted by Gasteiger charge is -2.32. The van der Waals surface area contributed by atoms with Gasteiger partial charge in [-0.25, -0.2) is 0 Å². The fourth-order valence-corrected chi connectivity index (χ4v) is 3.02. The van der Waals surface area contributed by atoms with Crippen molar-refractivity contribution in [3.05, 3.63) is 57.0 Å². The highest BCUT2D eigenvalue weighted by Crippen LogP contribution is 2.10. The second-order valence-electron chi connectivity index (χ2n) is 5.65. The van der Waals surface area contributed by atoms with Crippen LogP contribution in [0.3, 0.4) is 0 Å². The molecule has 4 nitrogen and oxygen atoms in total. The van der Waals surface area contributed by atoms with Gasteiger partial charge in [0.05, 0.1) is 11.4 Å². The van der Waals surface area contributed by atoms with Gasteiger partial charge in [-0.15, -0.1) is 0 Å². The van der Waals surface area contributed by atoms with E-state index in [4.69, 9.17) is 0 Å². The summed E-state index contributed by atoms with van der Waals surface area (Å²) in [5.74, 6) is 0. The van der Waals surface area contributed by atoms with Crippen molar-refractivity contribution in [2.45, 2.75) is 11.9 Å². The molecule has 3 rings (SSSR count). The highest BCUT2D eigenvalue weighted by atomic mass is 79.9. The summed E-state index contributed by atoms with van der Waals surface area (Å²) < 4.78 is 2.07. The maximum absolute atomic E-state index is 4.39. The number of rotatable bonds is 3. The summed E-state index contributed by atoms with van der Waals surface area (Å²) in [5, 5.41) is 0.820. The molecule has 0 aromatic carbocycles. The first-order chi connectivity index (χ1) is 11.6. The van der Waals surface area contributed by atoms with Gasteiger partial charge in [0.2, 0.25) is 0 Å². The SMILES string of the molecule is BrCc1ccc(Br)cn1.CN1CCN(Cc2ccc(Br)cn2)CC1. The predicted molar refractivity (Wildman–Crippen MR) is 109 cm³/mol. The third-order valence-electron chi connectivity index (χ3n) is 3.70. The Morgan fingerprint density at radius 2 is 1.42 bits per heavy atom. The van der Waals surface area contributed by atoms with Crippen molar-refractivity contribution in [2.24, 2.45) is 0 Å². The molecule has 2 aromatic heterocycles. The van der Waals surface area contributed by atoms with Crippen LogP contribution in [0.15, 0.2) is 45.6 Å². The molecule has 0 bridgehead atoms. The lowest BCUT2D eigenvalue weighted by Crippen LogP contribution is -2.43. The highest BCUT2D eigenvalue weighted by molar-refractivity contribution is 9.10. The summed E-state index contributed by atoms with van der Waals surface area (Å²) in [7, 11) is 2.18. The lowest BCUT2D eigenvalue weighted by molar-refractivity contribution is 0.147. The summed E-state index contributed by atoms with van der Waals surface area (Å²) in [6, 6.07) is 8.09. The third-order valence-corrected chi connectivity index (χ3v) is 5.21. The van der Waals surface area contributed by atoms with Gasteiger partial charge in [0.25, 0.3) is 0 Å². The van der Waals surface area contributed by atoms with Crippen LogP contribution >= 0.6 is 47.8 Å². The molecule has 0 atom stereocenters. The standard InChI is InChI=1S/C11H16BrN3.C6H5Br2N/c1-14-4-6-15(7-5-14)9-11-3-2-10(12)8-13-11;7-3-6-2-1-5(8)4-9-6/h2-3,8H,4-7,9H2,1H3;1-2,4H,3H2. The van der Waals surface area contributed by atoms with Gasteiger partial charge in [0.15, 0.2) is 0 Å². The molecule has 0 aliphatic carbocycles. The smallest absolute Gasteiger partial charge is 0.0544 e. The van der Waals surface area contributed by atoms with Gasteiger partial charge in [0, 0.05) is 59.4 Å². The van der Waals surface area contributed by atoms with E-state index in [2.05, 4.69) is 86.7 Å². The van der Waals surface area contributed by atoms with E-state index in [-0.39, 0.29) is 0 Å². The van der Waals surface area contributed by atoms with Crippen molar-refractivity contribution in [2.75, 3.05) is 33.2 Å². The van der Waals surface area contributed by atoms with Crippen LogP contribution in [0.5, 0.6) is 0 Å². The number of hydrogen-bond acceptors (Lipinski definition) is 4. The number of aromatic nitrogens is 2. The molecule has 0 unspecified atom stereocenters. The molecule has 0 saturated carbocycles. The minimum atomic E-state index is 0.820. The molecular formula is C17H21Br3N4. The second kappa shape index (κ2) is 10.6.